The van der Waals surface area contributed by atoms with Gasteiger partial charge in [-0.1, -0.05) is 58.0 Å². The summed E-state index contributed by atoms with van der Waals surface area (Å²) in [6.45, 7) is 15.0. The fourth-order valence-corrected chi connectivity index (χ4v) is 5.75. The van der Waals surface area contributed by atoms with Crippen LogP contribution in [0.5, 0.6) is 0 Å². The van der Waals surface area contributed by atoms with Gasteiger partial charge in [-0.05, 0) is 56.8 Å². The fourth-order valence-electron chi connectivity index (χ4n) is 3.50. The molecule has 0 radical (unpaired) electrons. The molecule has 1 aromatic carbocycles. The second-order valence-corrected chi connectivity index (χ2v) is 12.9. The highest BCUT2D eigenvalue weighted by Gasteiger charge is 2.48. The summed E-state index contributed by atoms with van der Waals surface area (Å²) < 4.78 is 6.07. The van der Waals surface area contributed by atoms with Gasteiger partial charge in [0, 0.05) is 0 Å². The lowest BCUT2D eigenvalue weighted by molar-refractivity contribution is -0.458. The van der Waals surface area contributed by atoms with Crippen LogP contribution in [0, 0.1) is 5.92 Å². The van der Waals surface area contributed by atoms with Gasteiger partial charge in [-0.25, -0.2) is 14.7 Å². The molecule has 1 heterocycles. The zero-order valence-electron chi connectivity index (χ0n) is 17.5. The molecule has 0 aromatic heterocycles. The number of rotatable bonds is 8. The van der Waals surface area contributed by atoms with E-state index < -0.39 is 19.5 Å². The predicted molar refractivity (Wildman–Crippen MR) is 107 cm³/mol. The van der Waals surface area contributed by atoms with Crippen LogP contribution in [0.25, 0.3) is 0 Å². The van der Waals surface area contributed by atoms with Crippen molar-refractivity contribution in [3.8, 4) is 0 Å². The maximum absolute atomic E-state index is 6.07. The zero-order valence-corrected chi connectivity index (χ0v) is 18.5. The van der Waals surface area contributed by atoms with Gasteiger partial charge in [0.15, 0.2) is 0 Å². The van der Waals surface area contributed by atoms with Crippen LogP contribution in [0.3, 0.4) is 0 Å². The average Bonchev–Trinajstić information content (AvgIpc) is 2.66. The molecular formula is C21H36O4Si. The summed E-state index contributed by atoms with van der Waals surface area (Å²) in [5.41, 5.74) is 0.114. The van der Waals surface area contributed by atoms with Crippen LogP contribution in [0.2, 0.25) is 18.1 Å². The molecular weight excluding hydrogens is 344 g/mol. The third-order valence-corrected chi connectivity index (χ3v) is 10.6. The van der Waals surface area contributed by atoms with Gasteiger partial charge in [-0.15, -0.1) is 0 Å². The van der Waals surface area contributed by atoms with E-state index in [-0.39, 0.29) is 12.0 Å². The molecule has 4 nitrogen and oxygen atoms in total. The van der Waals surface area contributed by atoms with E-state index in [1.165, 1.54) is 0 Å². The minimum atomic E-state index is -1.81. The molecule has 1 fully saturated rings. The van der Waals surface area contributed by atoms with Crippen molar-refractivity contribution in [2.24, 2.45) is 5.92 Å². The maximum Gasteiger partial charge on any atom is 0.238 e. The Morgan fingerprint density at radius 3 is 2.19 bits per heavy atom. The van der Waals surface area contributed by atoms with Crippen molar-refractivity contribution >= 4 is 8.32 Å². The molecule has 0 N–H and O–H groups in total. The first-order valence-electron chi connectivity index (χ1n) is 10.00. The molecule has 26 heavy (non-hydrogen) atoms. The van der Waals surface area contributed by atoms with E-state index in [4.69, 9.17) is 19.2 Å². The summed E-state index contributed by atoms with van der Waals surface area (Å²) in [5.74, 6) is 0.289. The van der Waals surface area contributed by atoms with Gasteiger partial charge in [0.25, 0.3) is 0 Å². The quantitative estimate of drug-likeness (QED) is 0.315. The summed E-state index contributed by atoms with van der Waals surface area (Å²) in [4.78, 5) is 17.8. The molecule has 0 aliphatic carbocycles. The summed E-state index contributed by atoms with van der Waals surface area (Å²) >= 11 is 0. The van der Waals surface area contributed by atoms with Crippen LogP contribution in [0.1, 0.15) is 60.5 Å². The first-order chi connectivity index (χ1) is 12.2. The molecule has 5 heteroatoms. The van der Waals surface area contributed by atoms with Crippen molar-refractivity contribution in [3.05, 3.63) is 35.9 Å². The standard InChI is InChI=1S/C21H36O4Si/c1-8-26(9-2,10-3)25-23-20(5,6)19-16-17(4)21(7,24-22-19)18-14-12-11-13-15-18/h11-15,17,19H,8-10,16H2,1-7H3/t17?,19?,21-/m1/s1. The van der Waals surface area contributed by atoms with E-state index in [0.717, 1.165) is 30.1 Å². The second-order valence-electron chi connectivity index (χ2n) is 8.29. The summed E-state index contributed by atoms with van der Waals surface area (Å²) in [5, 5.41) is 0. The van der Waals surface area contributed by atoms with E-state index in [9.17, 15) is 0 Å². The highest BCUT2D eigenvalue weighted by atomic mass is 28.4. The molecule has 1 saturated heterocycles. The van der Waals surface area contributed by atoms with Crippen molar-refractivity contribution in [3.63, 3.8) is 0 Å². The van der Waals surface area contributed by atoms with Crippen LogP contribution in [0.15, 0.2) is 30.3 Å². The van der Waals surface area contributed by atoms with Crippen molar-refractivity contribution in [2.75, 3.05) is 0 Å². The molecule has 1 aromatic rings. The third-order valence-electron chi connectivity index (χ3n) is 6.33. The normalized spacial score (nSPS) is 27.5. The summed E-state index contributed by atoms with van der Waals surface area (Å²) in [7, 11) is -1.81. The Bertz CT molecular complexity index is 550. The van der Waals surface area contributed by atoms with E-state index in [1.807, 2.05) is 32.0 Å². The average molecular weight is 381 g/mol. The fraction of sp³-hybridized carbons (Fsp3) is 0.714. The van der Waals surface area contributed by atoms with Gasteiger partial charge < -0.3 is 0 Å². The third kappa shape index (κ3) is 4.39. The van der Waals surface area contributed by atoms with Crippen LogP contribution >= 0.6 is 0 Å². The Morgan fingerprint density at radius 2 is 1.69 bits per heavy atom. The monoisotopic (exact) mass is 380 g/mol. The molecule has 0 saturated carbocycles. The van der Waals surface area contributed by atoms with Crippen LogP contribution in [-0.2, 0) is 24.8 Å². The first-order valence-corrected chi connectivity index (χ1v) is 12.5. The Morgan fingerprint density at radius 1 is 1.12 bits per heavy atom. The van der Waals surface area contributed by atoms with Crippen molar-refractivity contribution in [1.82, 2.24) is 0 Å². The van der Waals surface area contributed by atoms with E-state index in [1.54, 1.807) is 0 Å². The van der Waals surface area contributed by atoms with Crippen molar-refractivity contribution in [1.29, 1.82) is 0 Å². The van der Waals surface area contributed by atoms with Crippen molar-refractivity contribution in [2.45, 2.75) is 90.3 Å². The molecule has 1 aliphatic rings. The SMILES string of the molecule is CC[Si](CC)(CC)OOC(C)(C)C1CC(C)[C@](C)(c2ccccc2)OO1. The largest absolute Gasteiger partial charge is 0.286 e. The Kier molecular flexibility index (Phi) is 7.08. The van der Waals surface area contributed by atoms with Gasteiger partial charge in [-0.3, -0.25) is 4.58 Å². The van der Waals surface area contributed by atoms with Crippen LogP contribution in [0.4, 0.5) is 0 Å². The lowest BCUT2D eigenvalue weighted by atomic mass is 9.78. The Balaban J connectivity index is 2.05. The van der Waals surface area contributed by atoms with Crippen LogP contribution < -0.4 is 0 Å². The summed E-state index contributed by atoms with van der Waals surface area (Å²) in [6, 6.07) is 13.4. The lowest BCUT2D eigenvalue weighted by Gasteiger charge is -2.46. The van der Waals surface area contributed by atoms with Gasteiger partial charge in [0.05, 0.1) is 0 Å². The van der Waals surface area contributed by atoms with E-state index in [2.05, 4.69) is 46.8 Å². The summed E-state index contributed by atoms with van der Waals surface area (Å²) in [6.07, 6.45) is 0.673. The highest BCUT2D eigenvalue weighted by molar-refractivity contribution is 6.73. The molecule has 0 bridgehead atoms. The zero-order chi connectivity index (χ0) is 19.4. The van der Waals surface area contributed by atoms with E-state index >= 15 is 0 Å². The van der Waals surface area contributed by atoms with Gasteiger partial charge >= 0.3 is 0 Å². The smallest absolute Gasteiger partial charge is 0.238 e. The molecule has 2 unspecified atom stereocenters. The second kappa shape index (κ2) is 8.53. The van der Waals surface area contributed by atoms with Crippen LogP contribution in [-0.4, -0.2) is 20.0 Å². The predicted octanol–water partition coefficient (Wildman–Crippen LogP) is 5.99. The highest BCUT2D eigenvalue weighted by Crippen LogP contribution is 2.43. The maximum atomic E-state index is 6.07. The molecule has 0 amide bonds. The van der Waals surface area contributed by atoms with Gasteiger partial charge in [0.1, 0.15) is 17.3 Å². The minimum Gasteiger partial charge on any atom is -0.286 e. The van der Waals surface area contributed by atoms with E-state index in [0.29, 0.717) is 0 Å². The Labute approximate surface area is 160 Å². The number of benzene rings is 1. The van der Waals surface area contributed by atoms with Crippen molar-refractivity contribution < 1.29 is 19.2 Å². The molecule has 148 valence electrons. The topological polar surface area (TPSA) is 36.9 Å². The number of hydrogen-bond acceptors (Lipinski definition) is 4. The molecule has 3 atom stereocenters. The number of hydrogen-bond donors (Lipinski definition) is 0. The molecule has 1 aliphatic heterocycles. The van der Waals surface area contributed by atoms with Gasteiger partial charge in [-0.2, -0.15) is 0 Å². The van der Waals surface area contributed by atoms with Gasteiger partial charge in [0.2, 0.25) is 8.32 Å². The first kappa shape index (κ1) is 21.6. The Hall–Kier alpha value is -0.723. The minimum absolute atomic E-state index is 0.174. The molecule has 0 spiro atoms. The lowest BCUT2D eigenvalue weighted by Crippen LogP contribution is -2.52. The molecule has 2 rings (SSSR count).